The van der Waals surface area contributed by atoms with Crippen LogP contribution in [0.2, 0.25) is 0 Å². The van der Waals surface area contributed by atoms with Crippen molar-refractivity contribution >= 4 is 29.9 Å². The van der Waals surface area contributed by atoms with Crippen LogP contribution in [0.1, 0.15) is 31.9 Å². The Kier molecular flexibility index (Phi) is 13.0. The Hall–Kier alpha value is -0.860. The smallest absolute Gasteiger partial charge is 0.191 e. The lowest BCUT2D eigenvalue weighted by molar-refractivity contribution is 0.0280. The minimum Gasteiger partial charge on any atom is -0.389 e. The predicted molar refractivity (Wildman–Crippen MR) is 111 cm³/mol. The van der Waals surface area contributed by atoms with Crippen LogP contribution in [0, 0.1) is 12.8 Å². The van der Waals surface area contributed by atoms with Gasteiger partial charge in [0.05, 0.1) is 19.3 Å². The van der Waals surface area contributed by atoms with Crippen LogP contribution in [-0.4, -0.2) is 43.5 Å². The fourth-order valence-corrected chi connectivity index (χ4v) is 2.04. The number of benzene rings is 1. The van der Waals surface area contributed by atoms with Crippen LogP contribution in [-0.2, 0) is 11.3 Å². The number of nitrogens with one attached hydrogen (secondary N) is 2. The molecule has 1 atom stereocenters. The molecule has 5 nitrogen and oxygen atoms in total. The van der Waals surface area contributed by atoms with E-state index in [0.717, 1.165) is 6.54 Å². The van der Waals surface area contributed by atoms with Crippen LogP contribution in [0.3, 0.4) is 0 Å². The second-order valence-electron chi connectivity index (χ2n) is 6.15. The van der Waals surface area contributed by atoms with Gasteiger partial charge in [0.15, 0.2) is 5.96 Å². The third kappa shape index (κ3) is 10.8. The number of aryl methyl sites for hydroxylation is 1. The van der Waals surface area contributed by atoms with Gasteiger partial charge in [-0.2, -0.15) is 0 Å². The van der Waals surface area contributed by atoms with E-state index in [9.17, 15) is 5.11 Å². The second-order valence-corrected chi connectivity index (χ2v) is 6.15. The predicted octanol–water partition coefficient (Wildman–Crippen LogP) is 2.70. The summed E-state index contributed by atoms with van der Waals surface area (Å²) in [5.41, 5.74) is 2.40. The first kappa shape index (κ1) is 23.1. The molecule has 0 heterocycles. The van der Waals surface area contributed by atoms with Crippen LogP contribution >= 0.6 is 24.0 Å². The van der Waals surface area contributed by atoms with Gasteiger partial charge < -0.3 is 20.5 Å². The number of hydrogen-bond acceptors (Lipinski definition) is 3. The van der Waals surface area contributed by atoms with Gasteiger partial charge in [-0.3, -0.25) is 0 Å². The number of guanidine groups is 1. The Morgan fingerprint density at radius 3 is 2.62 bits per heavy atom. The molecule has 138 valence electrons. The SMILES string of the molecule is CCNC(=NCc1cccc(C)c1)NCC(O)COCC(C)C.I. The van der Waals surface area contributed by atoms with E-state index in [0.29, 0.717) is 38.2 Å². The quantitative estimate of drug-likeness (QED) is 0.308. The molecule has 1 aromatic rings. The Balaban J connectivity index is 0.00000529. The molecule has 0 amide bonds. The van der Waals surface area contributed by atoms with Gasteiger partial charge in [0, 0.05) is 19.7 Å². The average molecular weight is 449 g/mol. The maximum Gasteiger partial charge on any atom is 0.191 e. The normalized spacial score (nSPS) is 12.7. The molecule has 0 aromatic heterocycles. The largest absolute Gasteiger partial charge is 0.389 e. The summed E-state index contributed by atoms with van der Waals surface area (Å²) in [6.07, 6.45) is -0.545. The van der Waals surface area contributed by atoms with E-state index in [-0.39, 0.29) is 24.0 Å². The Bertz CT molecular complexity index is 481. The Morgan fingerprint density at radius 2 is 2.00 bits per heavy atom. The first-order valence-corrected chi connectivity index (χ1v) is 8.34. The highest BCUT2D eigenvalue weighted by atomic mass is 127. The molecule has 0 radical (unpaired) electrons. The molecule has 0 fully saturated rings. The van der Waals surface area contributed by atoms with Crippen molar-refractivity contribution < 1.29 is 9.84 Å². The fourth-order valence-electron chi connectivity index (χ4n) is 2.04. The summed E-state index contributed by atoms with van der Waals surface area (Å²) >= 11 is 0. The topological polar surface area (TPSA) is 65.9 Å². The average Bonchev–Trinajstić information content (AvgIpc) is 2.50. The number of ether oxygens (including phenoxy) is 1. The summed E-state index contributed by atoms with van der Waals surface area (Å²) in [6, 6.07) is 8.30. The summed E-state index contributed by atoms with van der Waals surface area (Å²) in [6.45, 7) is 11.1. The van der Waals surface area contributed by atoms with Crippen LogP contribution in [0.5, 0.6) is 0 Å². The van der Waals surface area contributed by atoms with E-state index in [1.165, 1.54) is 11.1 Å². The zero-order chi connectivity index (χ0) is 17.1. The van der Waals surface area contributed by atoms with Crippen molar-refractivity contribution in [1.82, 2.24) is 10.6 Å². The van der Waals surface area contributed by atoms with E-state index < -0.39 is 6.10 Å². The highest BCUT2D eigenvalue weighted by Gasteiger charge is 2.06. The second kappa shape index (κ2) is 13.4. The molecule has 0 aliphatic carbocycles. The fraction of sp³-hybridized carbons (Fsp3) is 0.611. The number of hydrogen-bond donors (Lipinski definition) is 3. The summed E-state index contributed by atoms with van der Waals surface area (Å²) in [5, 5.41) is 16.3. The summed E-state index contributed by atoms with van der Waals surface area (Å²) < 4.78 is 5.44. The van der Waals surface area contributed by atoms with Crippen molar-refractivity contribution in [1.29, 1.82) is 0 Å². The molecule has 0 spiro atoms. The minimum atomic E-state index is -0.545. The van der Waals surface area contributed by atoms with E-state index in [4.69, 9.17) is 4.74 Å². The van der Waals surface area contributed by atoms with E-state index >= 15 is 0 Å². The molecular formula is C18H32IN3O2. The molecule has 24 heavy (non-hydrogen) atoms. The molecule has 0 saturated heterocycles. The zero-order valence-electron chi connectivity index (χ0n) is 15.2. The monoisotopic (exact) mass is 449 g/mol. The van der Waals surface area contributed by atoms with Crippen LogP contribution in [0.15, 0.2) is 29.3 Å². The van der Waals surface area contributed by atoms with Gasteiger partial charge in [-0.15, -0.1) is 24.0 Å². The van der Waals surface area contributed by atoms with Gasteiger partial charge >= 0.3 is 0 Å². The lowest BCUT2D eigenvalue weighted by Gasteiger charge is -2.16. The number of aliphatic hydroxyl groups is 1. The van der Waals surface area contributed by atoms with Crippen molar-refractivity contribution in [2.24, 2.45) is 10.9 Å². The lowest BCUT2D eigenvalue weighted by atomic mass is 10.1. The molecule has 0 aliphatic heterocycles. The first-order chi connectivity index (χ1) is 11.0. The standard InChI is InChI=1S/C18H31N3O2.HI/c1-5-19-18(20-10-16-8-6-7-15(4)9-16)21-11-17(22)13-23-12-14(2)3;/h6-9,14,17,22H,5,10-13H2,1-4H3,(H2,19,20,21);1H. The highest BCUT2D eigenvalue weighted by Crippen LogP contribution is 2.05. The third-order valence-corrected chi connectivity index (χ3v) is 3.11. The zero-order valence-corrected chi connectivity index (χ0v) is 17.5. The summed E-state index contributed by atoms with van der Waals surface area (Å²) in [7, 11) is 0. The molecule has 0 bridgehead atoms. The van der Waals surface area contributed by atoms with E-state index in [1.54, 1.807) is 0 Å². The van der Waals surface area contributed by atoms with Crippen molar-refractivity contribution in [3.05, 3.63) is 35.4 Å². The Morgan fingerprint density at radius 1 is 1.25 bits per heavy atom. The molecular weight excluding hydrogens is 417 g/mol. The van der Waals surface area contributed by atoms with E-state index in [1.807, 2.05) is 13.0 Å². The van der Waals surface area contributed by atoms with Gasteiger partial charge in [-0.1, -0.05) is 43.7 Å². The first-order valence-electron chi connectivity index (χ1n) is 8.34. The molecule has 0 aliphatic rings. The molecule has 3 N–H and O–H groups in total. The maximum absolute atomic E-state index is 9.93. The number of nitrogens with zero attached hydrogens (tertiary/aromatic N) is 1. The van der Waals surface area contributed by atoms with Gasteiger partial charge in [-0.25, -0.2) is 4.99 Å². The summed E-state index contributed by atoms with van der Waals surface area (Å²) in [5.74, 6) is 1.18. The van der Waals surface area contributed by atoms with Gasteiger partial charge in [0.2, 0.25) is 0 Å². The molecule has 1 unspecified atom stereocenters. The number of aliphatic imine (C=N–C) groups is 1. The van der Waals surface area contributed by atoms with Gasteiger partial charge in [-0.05, 0) is 25.3 Å². The van der Waals surface area contributed by atoms with Gasteiger partial charge in [0.25, 0.3) is 0 Å². The van der Waals surface area contributed by atoms with Gasteiger partial charge in [0.1, 0.15) is 0 Å². The van der Waals surface area contributed by atoms with Crippen LogP contribution < -0.4 is 10.6 Å². The van der Waals surface area contributed by atoms with Crippen LogP contribution in [0.25, 0.3) is 0 Å². The highest BCUT2D eigenvalue weighted by molar-refractivity contribution is 14.0. The number of halogens is 1. The van der Waals surface area contributed by atoms with Crippen molar-refractivity contribution in [2.45, 2.75) is 40.3 Å². The molecule has 1 rings (SSSR count). The Labute approximate surface area is 163 Å². The molecule has 6 heteroatoms. The number of rotatable bonds is 9. The van der Waals surface area contributed by atoms with E-state index in [2.05, 4.69) is 54.6 Å². The molecule has 0 saturated carbocycles. The minimum absolute atomic E-state index is 0. The summed E-state index contributed by atoms with van der Waals surface area (Å²) in [4.78, 5) is 4.55. The third-order valence-electron chi connectivity index (χ3n) is 3.11. The lowest BCUT2D eigenvalue weighted by Crippen LogP contribution is -2.42. The van der Waals surface area contributed by atoms with Crippen molar-refractivity contribution in [3.63, 3.8) is 0 Å². The molecule has 1 aromatic carbocycles. The van der Waals surface area contributed by atoms with Crippen molar-refractivity contribution in [2.75, 3.05) is 26.3 Å². The number of aliphatic hydroxyl groups excluding tert-OH is 1. The maximum atomic E-state index is 9.93. The van der Waals surface area contributed by atoms with Crippen molar-refractivity contribution in [3.8, 4) is 0 Å². The van der Waals surface area contributed by atoms with Crippen LogP contribution in [0.4, 0.5) is 0 Å².